The monoisotopic (exact) mass is 324 g/mol. The van der Waals surface area contributed by atoms with Crippen LogP contribution in [0.3, 0.4) is 0 Å². The fourth-order valence-corrected chi connectivity index (χ4v) is 9.62. The van der Waals surface area contributed by atoms with E-state index >= 15 is 0 Å². The van der Waals surface area contributed by atoms with Crippen molar-refractivity contribution in [3.63, 3.8) is 0 Å². The molecule has 0 spiro atoms. The number of nitrogens with zero attached hydrogens (tertiary/aromatic N) is 1. The fraction of sp³-hybridized carbons (Fsp3) is 0.947. The van der Waals surface area contributed by atoms with Gasteiger partial charge in [-0.3, -0.25) is 0 Å². The van der Waals surface area contributed by atoms with E-state index in [0.29, 0.717) is 22.0 Å². The average molecular weight is 325 g/mol. The first kappa shape index (κ1) is 19.7. The zero-order valence-electron chi connectivity index (χ0n) is 16.6. The molecule has 0 atom stereocenters. The maximum Gasteiger partial charge on any atom is 0.181 e. The van der Waals surface area contributed by atoms with Crippen molar-refractivity contribution in [2.45, 2.75) is 105 Å². The van der Waals surface area contributed by atoms with Crippen LogP contribution >= 0.6 is 0 Å². The molecule has 1 aliphatic carbocycles. The lowest BCUT2D eigenvalue weighted by Gasteiger charge is -2.42. The topological polar surface area (TPSA) is 24.4 Å². The molecule has 22 heavy (non-hydrogen) atoms. The molecule has 130 valence electrons. The van der Waals surface area contributed by atoms with Crippen LogP contribution in [0.4, 0.5) is 0 Å². The summed E-state index contributed by atoms with van der Waals surface area (Å²) in [5, 5.41) is 8.75. The summed E-state index contributed by atoms with van der Waals surface area (Å²) >= 11 is 0. The van der Waals surface area contributed by atoms with Crippen molar-refractivity contribution in [2.24, 2.45) is 16.4 Å². The molecule has 0 amide bonds. The number of hydrogen-bond acceptors (Lipinski definition) is 2. The van der Waals surface area contributed by atoms with Crippen LogP contribution in [0.2, 0.25) is 16.6 Å². The summed E-state index contributed by atoms with van der Waals surface area (Å²) in [5.41, 5.74) is 4.00. The lowest BCUT2D eigenvalue weighted by Crippen LogP contribution is -2.56. The molecule has 0 saturated heterocycles. The minimum atomic E-state index is -1.60. The molecule has 1 saturated carbocycles. The van der Waals surface area contributed by atoms with E-state index in [1.165, 1.54) is 31.4 Å². The highest BCUT2D eigenvalue weighted by Gasteiger charge is 2.43. The van der Waals surface area contributed by atoms with Crippen LogP contribution in [0, 0.1) is 11.3 Å². The highest BCUT2D eigenvalue weighted by molar-refractivity contribution is 6.81. The van der Waals surface area contributed by atoms with Gasteiger partial charge in [-0.1, -0.05) is 62.3 Å². The Morgan fingerprint density at radius 2 is 1.32 bits per heavy atom. The average Bonchev–Trinajstić information content (AvgIpc) is 2.37. The van der Waals surface area contributed by atoms with Gasteiger partial charge in [0.25, 0.3) is 0 Å². The second-order valence-corrected chi connectivity index (χ2v) is 14.9. The van der Waals surface area contributed by atoms with Crippen LogP contribution in [0.25, 0.3) is 0 Å². The summed E-state index contributed by atoms with van der Waals surface area (Å²) in [7, 11) is -1.60. The van der Waals surface area contributed by atoms with Gasteiger partial charge < -0.3 is 5.09 Å². The van der Waals surface area contributed by atoms with Gasteiger partial charge in [-0.15, -0.1) is 0 Å². The molecule has 0 aromatic heterocycles. The van der Waals surface area contributed by atoms with Gasteiger partial charge in [-0.05, 0) is 53.6 Å². The van der Waals surface area contributed by atoms with E-state index in [9.17, 15) is 0 Å². The summed E-state index contributed by atoms with van der Waals surface area (Å²) < 4.78 is 0. The zero-order chi connectivity index (χ0) is 17.1. The van der Waals surface area contributed by atoms with Crippen LogP contribution in [-0.2, 0) is 0 Å². The lowest BCUT2D eigenvalue weighted by molar-refractivity contribution is 0.208. The Bertz CT molecular complexity index is 346. The zero-order valence-corrected chi connectivity index (χ0v) is 17.6. The first-order valence-electron chi connectivity index (χ1n) is 9.34. The van der Waals surface area contributed by atoms with Gasteiger partial charge in [0.1, 0.15) is 0 Å². The minimum absolute atomic E-state index is 0.450. The van der Waals surface area contributed by atoms with Crippen molar-refractivity contribution in [3.8, 4) is 0 Å². The number of rotatable bonds is 5. The Labute approximate surface area is 140 Å². The largest absolute Gasteiger partial charge is 0.336 e. The Balaban J connectivity index is 2.78. The molecule has 1 fully saturated rings. The second kappa shape index (κ2) is 7.50. The normalized spacial score (nSPS) is 20.9. The van der Waals surface area contributed by atoms with Gasteiger partial charge in [0.2, 0.25) is 0 Å². The Morgan fingerprint density at radius 1 is 0.909 bits per heavy atom. The molecule has 0 heterocycles. The summed E-state index contributed by atoms with van der Waals surface area (Å²) in [6.07, 6.45) is 4.99. The minimum Gasteiger partial charge on any atom is -0.336 e. The maximum absolute atomic E-state index is 4.96. The van der Waals surface area contributed by atoms with Gasteiger partial charge in [0.05, 0.1) is 0 Å². The van der Waals surface area contributed by atoms with Crippen molar-refractivity contribution < 1.29 is 0 Å². The van der Waals surface area contributed by atoms with Crippen molar-refractivity contribution in [2.75, 3.05) is 0 Å². The first-order valence-corrected chi connectivity index (χ1v) is 11.6. The van der Waals surface area contributed by atoms with Crippen LogP contribution in [0.15, 0.2) is 5.10 Å². The lowest BCUT2D eigenvalue weighted by atomic mass is 9.72. The third kappa shape index (κ3) is 4.36. The van der Waals surface area contributed by atoms with Crippen molar-refractivity contribution in [3.05, 3.63) is 0 Å². The molecular formula is C19H40N2Si. The van der Waals surface area contributed by atoms with Gasteiger partial charge in [-0.2, -0.15) is 5.10 Å². The first-order chi connectivity index (χ1) is 10.0. The molecule has 0 aromatic rings. The third-order valence-electron chi connectivity index (χ3n) is 6.06. The number of hydrazone groups is 1. The van der Waals surface area contributed by atoms with Crippen molar-refractivity contribution in [1.29, 1.82) is 0 Å². The van der Waals surface area contributed by atoms with E-state index < -0.39 is 8.24 Å². The molecule has 1 N–H and O–H groups in total. The van der Waals surface area contributed by atoms with E-state index in [1.54, 1.807) is 0 Å². The third-order valence-corrected chi connectivity index (χ3v) is 12.3. The number of hydrogen-bond donors (Lipinski definition) is 1. The molecule has 0 radical (unpaired) electrons. The summed E-state index contributed by atoms with van der Waals surface area (Å²) in [4.78, 5) is 0. The predicted molar refractivity (Wildman–Crippen MR) is 103 cm³/mol. The smallest absolute Gasteiger partial charge is 0.181 e. The fourth-order valence-electron chi connectivity index (χ4n) is 4.49. The van der Waals surface area contributed by atoms with Gasteiger partial charge in [0, 0.05) is 5.71 Å². The van der Waals surface area contributed by atoms with Gasteiger partial charge in [0.15, 0.2) is 8.24 Å². The summed E-state index contributed by atoms with van der Waals surface area (Å²) in [6.45, 7) is 21.5. The van der Waals surface area contributed by atoms with E-state index in [0.717, 1.165) is 5.92 Å². The molecule has 3 heteroatoms. The highest BCUT2D eigenvalue weighted by atomic mass is 28.3. The van der Waals surface area contributed by atoms with Gasteiger partial charge >= 0.3 is 0 Å². The van der Waals surface area contributed by atoms with Crippen LogP contribution < -0.4 is 5.09 Å². The Morgan fingerprint density at radius 3 is 1.64 bits per heavy atom. The molecule has 1 aliphatic rings. The van der Waals surface area contributed by atoms with E-state index in [1.807, 2.05) is 0 Å². The molecular weight excluding hydrogens is 284 g/mol. The van der Waals surface area contributed by atoms with Crippen molar-refractivity contribution in [1.82, 2.24) is 5.09 Å². The molecule has 0 aliphatic heterocycles. The Hall–Kier alpha value is -0.313. The SMILES string of the molecule is CC(C)[Si](NN=C1CCC(C(C)(C)C)CC1)(C(C)C)C(C)C. The van der Waals surface area contributed by atoms with Crippen LogP contribution in [0.5, 0.6) is 0 Å². The van der Waals surface area contributed by atoms with E-state index in [-0.39, 0.29) is 0 Å². The molecule has 0 aromatic carbocycles. The second-order valence-electron chi connectivity index (χ2n) is 9.33. The van der Waals surface area contributed by atoms with Crippen molar-refractivity contribution >= 4 is 13.9 Å². The molecule has 0 bridgehead atoms. The van der Waals surface area contributed by atoms with E-state index in [2.05, 4.69) is 67.4 Å². The number of nitrogens with one attached hydrogen (secondary N) is 1. The van der Waals surface area contributed by atoms with E-state index in [4.69, 9.17) is 5.10 Å². The molecule has 1 rings (SSSR count). The van der Waals surface area contributed by atoms with Crippen LogP contribution in [-0.4, -0.2) is 13.9 Å². The quantitative estimate of drug-likeness (QED) is 0.463. The standard InChI is InChI=1S/C19H40N2Si/c1-14(2)22(15(3)4,16(5)6)21-20-18-12-10-17(11-13-18)19(7,8)9/h14-17,21H,10-13H2,1-9H3. The molecule has 2 nitrogen and oxygen atoms in total. The predicted octanol–water partition coefficient (Wildman–Crippen LogP) is 6.34. The van der Waals surface area contributed by atoms with Gasteiger partial charge in [-0.25, -0.2) is 0 Å². The van der Waals surface area contributed by atoms with Crippen LogP contribution in [0.1, 0.15) is 88.0 Å². The Kier molecular flexibility index (Phi) is 6.73. The summed E-state index contributed by atoms with van der Waals surface area (Å²) in [6, 6.07) is 0. The maximum atomic E-state index is 4.96. The molecule has 0 unspecified atom stereocenters. The summed E-state index contributed by atoms with van der Waals surface area (Å²) in [5.74, 6) is 0.855. The highest BCUT2D eigenvalue weighted by Crippen LogP contribution is 2.40.